The first-order valence-corrected chi connectivity index (χ1v) is 5.42. The van der Waals surface area contributed by atoms with Gasteiger partial charge in [-0.05, 0) is 30.2 Å². The van der Waals surface area contributed by atoms with Crippen molar-refractivity contribution < 1.29 is 0 Å². The van der Waals surface area contributed by atoms with Crippen molar-refractivity contribution in [1.82, 2.24) is 0 Å². The van der Waals surface area contributed by atoms with Crippen LogP contribution in [0.4, 0.5) is 5.69 Å². The first kappa shape index (κ1) is 11.2. The molecule has 0 fully saturated rings. The van der Waals surface area contributed by atoms with Gasteiger partial charge in [0.2, 0.25) is 0 Å². The maximum atomic E-state index is 8.68. The number of allylic oxidation sites excluding steroid dienone is 2. The van der Waals surface area contributed by atoms with Crippen LogP contribution in [0, 0.1) is 11.3 Å². The molecular formula is C14H13N3. The molecule has 0 atom stereocenters. The van der Waals surface area contributed by atoms with Crippen molar-refractivity contribution in [3.05, 3.63) is 54.8 Å². The third kappa shape index (κ3) is 2.61. The summed E-state index contributed by atoms with van der Waals surface area (Å²) in [5.41, 5.74) is 2.80. The molecule has 17 heavy (non-hydrogen) atoms. The number of anilines is 1. The lowest BCUT2D eigenvalue weighted by molar-refractivity contribution is 0.964. The van der Waals surface area contributed by atoms with E-state index >= 15 is 0 Å². The first-order chi connectivity index (χ1) is 8.33. The second kappa shape index (κ2) is 5.13. The summed E-state index contributed by atoms with van der Waals surface area (Å²) in [6.45, 7) is 4.22. The van der Waals surface area contributed by atoms with Crippen molar-refractivity contribution >= 4 is 11.4 Å². The van der Waals surface area contributed by atoms with Crippen molar-refractivity contribution in [2.45, 2.75) is 6.42 Å². The summed E-state index contributed by atoms with van der Waals surface area (Å²) < 4.78 is 0. The molecule has 0 bridgehead atoms. The Balaban J connectivity index is 2.10. The summed E-state index contributed by atoms with van der Waals surface area (Å²) in [5.74, 6) is 0. The van der Waals surface area contributed by atoms with Gasteiger partial charge in [-0.2, -0.15) is 5.26 Å². The summed E-state index contributed by atoms with van der Waals surface area (Å²) >= 11 is 0. The van der Waals surface area contributed by atoms with Gasteiger partial charge in [-0.25, -0.2) is 0 Å². The van der Waals surface area contributed by atoms with Gasteiger partial charge in [0.05, 0.1) is 0 Å². The number of hydrogen-bond donors (Lipinski definition) is 0. The van der Waals surface area contributed by atoms with Crippen molar-refractivity contribution in [1.29, 1.82) is 5.26 Å². The zero-order valence-corrected chi connectivity index (χ0v) is 9.50. The van der Waals surface area contributed by atoms with Crippen LogP contribution in [-0.4, -0.2) is 12.4 Å². The Morgan fingerprint density at radius 3 is 2.71 bits per heavy atom. The number of nitrogens with zero attached hydrogens (tertiary/aromatic N) is 3. The van der Waals surface area contributed by atoms with Crippen LogP contribution >= 0.6 is 0 Å². The zero-order valence-electron chi connectivity index (χ0n) is 9.50. The van der Waals surface area contributed by atoms with E-state index in [0.29, 0.717) is 12.4 Å². The Hall–Kier alpha value is -2.34. The van der Waals surface area contributed by atoms with Gasteiger partial charge in [0.25, 0.3) is 0 Å². The molecule has 0 saturated carbocycles. The van der Waals surface area contributed by atoms with E-state index in [2.05, 4.69) is 35.8 Å². The van der Waals surface area contributed by atoms with Crippen molar-refractivity contribution in [3.63, 3.8) is 0 Å². The van der Waals surface area contributed by atoms with E-state index < -0.39 is 0 Å². The number of benzene rings is 1. The molecule has 0 radical (unpaired) electrons. The highest BCUT2D eigenvalue weighted by Gasteiger charge is 2.07. The third-order valence-corrected chi connectivity index (χ3v) is 2.57. The van der Waals surface area contributed by atoms with Gasteiger partial charge in [0.1, 0.15) is 18.4 Å². The standard InChI is InChI=1S/C14H13N3/c1-2-3-12-4-6-14(7-5-12)17-9-8-13(10-15)16-11-17/h2,4-9H,1,3,11H2. The van der Waals surface area contributed by atoms with Gasteiger partial charge in [-0.15, -0.1) is 6.58 Å². The molecule has 84 valence electrons. The van der Waals surface area contributed by atoms with Crippen molar-refractivity contribution in [2.75, 3.05) is 11.6 Å². The average Bonchev–Trinajstić information content (AvgIpc) is 2.40. The van der Waals surface area contributed by atoms with Crippen LogP contribution in [0.5, 0.6) is 0 Å². The highest BCUT2D eigenvalue weighted by Crippen LogP contribution is 2.17. The second-order valence-corrected chi connectivity index (χ2v) is 3.74. The highest BCUT2D eigenvalue weighted by atomic mass is 15.2. The molecule has 0 amide bonds. The molecule has 1 aliphatic rings. The van der Waals surface area contributed by atoms with Gasteiger partial charge in [-0.1, -0.05) is 18.2 Å². The predicted octanol–water partition coefficient (Wildman–Crippen LogP) is 2.67. The lowest BCUT2D eigenvalue weighted by Crippen LogP contribution is -2.20. The van der Waals surface area contributed by atoms with E-state index in [-0.39, 0.29) is 0 Å². The minimum absolute atomic E-state index is 0.476. The van der Waals surface area contributed by atoms with Gasteiger partial charge < -0.3 is 4.90 Å². The molecule has 0 aromatic heterocycles. The summed E-state index contributed by atoms with van der Waals surface area (Å²) in [6.07, 6.45) is 6.38. The monoisotopic (exact) mass is 223 g/mol. The van der Waals surface area contributed by atoms with Crippen LogP contribution in [0.15, 0.2) is 54.2 Å². The Bertz CT molecular complexity index is 503. The molecule has 2 rings (SSSR count). The predicted molar refractivity (Wildman–Crippen MR) is 69.9 cm³/mol. The molecule has 0 N–H and O–H groups in total. The maximum absolute atomic E-state index is 8.68. The number of hydrogen-bond acceptors (Lipinski definition) is 3. The van der Waals surface area contributed by atoms with Crippen LogP contribution in [0.1, 0.15) is 5.56 Å². The minimum Gasteiger partial charge on any atom is -0.328 e. The van der Waals surface area contributed by atoms with E-state index in [1.807, 2.05) is 23.2 Å². The fourth-order valence-corrected chi connectivity index (χ4v) is 1.64. The van der Waals surface area contributed by atoms with Gasteiger partial charge >= 0.3 is 0 Å². The molecule has 1 aliphatic heterocycles. The van der Waals surface area contributed by atoms with E-state index in [0.717, 1.165) is 12.1 Å². The van der Waals surface area contributed by atoms with Crippen LogP contribution in [0.3, 0.4) is 0 Å². The highest BCUT2D eigenvalue weighted by molar-refractivity contribution is 6.07. The molecule has 1 aromatic carbocycles. The van der Waals surface area contributed by atoms with Crippen LogP contribution in [0.25, 0.3) is 0 Å². The van der Waals surface area contributed by atoms with Gasteiger partial charge in [0, 0.05) is 11.9 Å². The SMILES string of the molecule is C=CCc1ccc(N2C=CC(C#N)=NC2)cc1. The van der Waals surface area contributed by atoms with E-state index in [1.54, 1.807) is 6.08 Å². The molecule has 0 spiro atoms. The smallest absolute Gasteiger partial charge is 0.138 e. The molecule has 0 saturated heterocycles. The van der Waals surface area contributed by atoms with Crippen LogP contribution < -0.4 is 4.90 Å². The van der Waals surface area contributed by atoms with Gasteiger partial charge in [0.15, 0.2) is 0 Å². The van der Waals surface area contributed by atoms with E-state index in [1.165, 1.54) is 5.56 Å². The number of aliphatic imine (C=N–C) groups is 1. The Morgan fingerprint density at radius 1 is 1.41 bits per heavy atom. The molecule has 1 aromatic rings. The maximum Gasteiger partial charge on any atom is 0.138 e. The molecular weight excluding hydrogens is 210 g/mol. The number of rotatable bonds is 3. The van der Waals surface area contributed by atoms with Crippen molar-refractivity contribution in [2.24, 2.45) is 4.99 Å². The van der Waals surface area contributed by atoms with E-state index in [9.17, 15) is 0 Å². The molecule has 0 aliphatic carbocycles. The first-order valence-electron chi connectivity index (χ1n) is 5.42. The number of nitriles is 1. The second-order valence-electron chi connectivity index (χ2n) is 3.74. The lowest BCUT2D eigenvalue weighted by atomic mass is 10.1. The van der Waals surface area contributed by atoms with Crippen LogP contribution in [0.2, 0.25) is 0 Å². The average molecular weight is 223 g/mol. The Labute approximate surface area is 101 Å². The summed E-state index contributed by atoms with van der Waals surface area (Å²) in [5, 5.41) is 8.68. The van der Waals surface area contributed by atoms with E-state index in [4.69, 9.17) is 5.26 Å². The largest absolute Gasteiger partial charge is 0.328 e. The normalized spacial score (nSPS) is 14.1. The van der Waals surface area contributed by atoms with Crippen LogP contribution in [-0.2, 0) is 6.42 Å². The lowest BCUT2D eigenvalue weighted by Gasteiger charge is -2.20. The Kier molecular flexibility index (Phi) is 3.37. The Morgan fingerprint density at radius 2 is 2.18 bits per heavy atom. The zero-order chi connectivity index (χ0) is 12.1. The fraction of sp³-hybridized carbons (Fsp3) is 0.143. The molecule has 3 heteroatoms. The van der Waals surface area contributed by atoms with Gasteiger partial charge in [-0.3, -0.25) is 4.99 Å². The molecule has 1 heterocycles. The minimum atomic E-state index is 0.476. The summed E-state index contributed by atoms with van der Waals surface area (Å²) in [7, 11) is 0. The topological polar surface area (TPSA) is 39.4 Å². The summed E-state index contributed by atoms with van der Waals surface area (Å²) in [6, 6.07) is 10.3. The molecule has 0 unspecified atom stereocenters. The quantitative estimate of drug-likeness (QED) is 0.739. The fourth-order valence-electron chi connectivity index (χ4n) is 1.64. The summed E-state index contributed by atoms with van der Waals surface area (Å²) in [4.78, 5) is 6.14. The van der Waals surface area contributed by atoms with Crippen molar-refractivity contribution in [3.8, 4) is 6.07 Å². The third-order valence-electron chi connectivity index (χ3n) is 2.57. The molecule has 3 nitrogen and oxygen atoms in total.